The van der Waals surface area contributed by atoms with E-state index in [4.69, 9.17) is 4.74 Å². The molecule has 0 saturated carbocycles. The Morgan fingerprint density at radius 3 is 2.72 bits per heavy atom. The van der Waals surface area contributed by atoms with Gasteiger partial charge in [-0.05, 0) is 30.5 Å². The number of carbonyl (C=O) groups excluding carboxylic acids is 1. The van der Waals surface area contributed by atoms with Crippen LogP contribution in [0.2, 0.25) is 0 Å². The van der Waals surface area contributed by atoms with Crippen LogP contribution in [0.15, 0.2) is 55.2 Å². The Morgan fingerprint density at radius 1 is 1.14 bits per heavy atom. The van der Waals surface area contributed by atoms with Crippen molar-refractivity contribution in [3.05, 3.63) is 72.1 Å². The molecule has 1 fully saturated rings. The highest BCUT2D eigenvalue weighted by molar-refractivity contribution is 5.94. The molecule has 1 N–H and O–H groups in total. The summed E-state index contributed by atoms with van der Waals surface area (Å²) in [7, 11) is 1.66. The lowest BCUT2D eigenvalue weighted by Gasteiger charge is -2.24. The fourth-order valence-corrected chi connectivity index (χ4v) is 3.49. The van der Waals surface area contributed by atoms with Crippen molar-refractivity contribution in [2.75, 3.05) is 19.0 Å². The highest BCUT2D eigenvalue weighted by Crippen LogP contribution is 2.32. The predicted octanol–water partition coefficient (Wildman–Crippen LogP) is 3.13. The molecule has 1 saturated heterocycles. The number of hydrogen-bond acceptors (Lipinski definition) is 7. The average molecular weight is 390 g/mol. The van der Waals surface area contributed by atoms with E-state index in [2.05, 4.69) is 25.3 Å². The monoisotopic (exact) mass is 390 g/mol. The molecule has 29 heavy (non-hydrogen) atoms. The van der Waals surface area contributed by atoms with Gasteiger partial charge in [0, 0.05) is 31.6 Å². The molecule has 148 valence electrons. The number of likely N-dealkylation sites (tertiary alicyclic amines) is 1. The molecular formula is C21H22N6O2. The van der Waals surface area contributed by atoms with Crippen LogP contribution >= 0.6 is 0 Å². The molecule has 8 nitrogen and oxygen atoms in total. The minimum Gasteiger partial charge on any atom is -0.380 e. The van der Waals surface area contributed by atoms with Gasteiger partial charge >= 0.3 is 0 Å². The van der Waals surface area contributed by atoms with E-state index in [1.807, 2.05) is 29.2 Å². The number of ether oxygens (including phenoxy) is 1. The molecule has 0 spiro atoms. The SMILES string of the molecule is COCc1ccc(C(=O)N2CCC[C@H]2c2cncc(Nc3cnccn3)n2)cc1. The zero-order valence-electron chi connectivity index (χ0n) is 16.2. The summed E-state index contributed by atoms with van der Waals surface area (Å²) in [6.45, 7) is 1.23. The Morgan fingerprint density at radius 2 is 1.97 bits per heavy atom. The third kappa shape index (κ3) is 4.38. The molecule has 0 aliphatic carbocycles. The van der Waals surface area contributed by atoms with E-state index in [9.17, 15) is 4.79 Å². The fourth-order valence-electron chi connectivity index (χ4n) is 3.49. The van der Waals surface area contributed by atoms with Crippen LogP contribution in [-0.2, 0) is 11.3 Å². The lowest BCUT2D eigenvalue weighted by Crippen LogP contribution is -2.31. The Hall–Kier alpha value is -3.39. The quantitative estimate of drug-likeness (QED) is 0.691. The van der Waals surface area contributed by atoms with Crippen molar-refractivity contribution >= 4 is 17.5 Å². The standard InChI is InChI=1S/C21H22N6O2/c1-29-14-15-4-6-16(7-5-15)21(28)27-10-2-3-18(27)17-11-23-13-20(25-17)26-19-12-22-8-9-24-19/h4-9,11-13,18H,2-3,10,14H2,1H3,(H,24,25,26)/t18-/m0/s1. The maximum atomic E-state index is 13.1. The molecule has 3 heterocycles. The molecule has 0 unspecified atom stereocenters. The summed E-state index contributed by atoms with van der Waals surface area (Å²) in [5, 5.41) is 3.10. The van der Waals surface area contributed by atoms with Crippen LogP contribution in [0.1, 0.15) is 40.5 Å². The van der Waals surface area contributed by atoms with E-state index < -0.39 is 0 Å². The Kier molecular flexibility index (Phi) is 5.71. The molecule has 1 aliphatic rings. The summed E-state index contributed by atoms with van der Waals surface area (Å²) in [4.78, 5) is 32.1. The normalized spacial score (nSPS) is 16.0. The van der Waals surface area contributed by atoms with Crippen molar-refractivity contribution in [3.8, 4) is 0 Å². The summed E-state index contributed by atoms with van der Waals surface area (Å²) < 4.78 is 5.13. The lowest BCUT2D eigenvalue weighted by molar-refractivity contribution is 0.0732. The molecule has 1 aromatic carbocycles. The van der Waals surface area contributed by atoms with Crippen LogP contribution in [0.5, 0.6) is 0 Å². The first-order valence-corrected chi connectivity index (χ1v) is 9.48. The molecule has 2 aromatic heterocycles. The second kappa shape index (κ2) is 8.74. The van der Waals surface area contributed by atoms with Gasteiger partial charge in [0.1, 0.15) is 11.6 Å². The highest BCUT2D eigenvalue weighted by Gasteiger charge is 2.32. The number of carbonyl (C=O) groups is 1. The first-order valence-electron chi connectivity index (χ1n) is 9.48. The van der Waals surface area contributed by atoms with Crippen LogP contribution < -0.4 is 5.32 Å². The Bertz CT molecular complexity index is 964. The molecular weight excluding hydrogens is 368 g/mol. The van der Waals surface area contributed by atoms with Crippen LogP contribution in [0.3, 0.4) is 0 Å². The largest absolute Gasteiger partial charge is 0.380 e. The van der Waals surface area contributed by atoms with Crippen LogP contribution in [0, 0.1) is 0 Å². The van der Waals surface area contributed by atoms with E-state index in [-0.39, 0.29) is 11.9 Å². The van der Waals surface area contributed by atoms with Crippen molar-refractivity contribution in [1.82, 2.24) is 24.8 Å². The maximum absolute atomic E-state index is 13.1. The van der Waals surface area contributed by atoms with Gasteiger partial charge in [-0.25, -0.2) is 9.97 Å². The average Bonchev–Trinajstić information content (AvgIpc) is 3.25. The molecule has 1 atom stereocenters. The zero-order chi connectivity index (χ0) is 20.1. The van der Waals surface area contributed by atoms with Gasteiger partial charge in [0.2, 0.25) is 0 Å². The summed E-state index contributed by atoms with van der Waals surface area (Å²) in [6.07, 6.45) is 9.98. The van der Waals surface area contributed by atoms with E-state index in [0.717, 1.165) is 24.1 Å². The van der Waals surface area contributed by atoms with Gasteiger partial charge in [0.25, 0.3) is 5.91 Å². The topological polar surface area (TPSA) is 93.1 Å². The van der Waals surface area contributed by atoms with Crippen molar-refractivity contribution in [2.24, 2.45) is 0 Å². The van der Waals surface area contributed by atoms with Gasteiger partial charge < -0.3 is 15.0 Å². The Labute approximate surface area is 169 Å². The van der Waals surface area contributed by atoms with Crippen molar-refractivity contribution in [2.45, 2.75) is 25.5 Å². The van der Waals surface area contributed by atoms with E-state index in [1.54, 1.807) is 38.1 Å². The molecule has 3 aromatic rings. The molecule has 0 bridgehead atoms. The third-order valence-corrected chi connectivity index (χ3v) is 4.84. The fraction of sp³-hybridized carbons (Fsp3) is 0.286. The lowest BCUT2D eigenvalue weighted by atomic mass is 10.1. The van der Waals surface area contributed by atoms with Crippen molar-refractivity contribution in [3.63, 3.8) is 0 Å². The van der Waals surface area contributed by atoms with Crippen molar-refractivity contribution < 1.29 is 9.53 Å². The number of rotatable bonds is 6. The number of anilines is 2. The number of methoxy groups -OCH3 is 1. The molecule has 1 amide bonds. The van der Waals surface area contributed by atoms with Crippen molar-refractivity contribution in [1.29, 1.82) is 0 Å². The number of nitrogens with zero attached hydrogens (tertiary/aromatic N) is 5. The highest BCUT2D eigenvalue weighted by atomic mass is 16.5. The minimum atomic E-state index is -0.0998. The first kappa shape index (κ1) is 18.9. The van der Waals surface area contributed by atoms with Gasteiger partial charge in [0.05, 0.1) is 36.9 Å². The van der Waals surface area contributed by atoms with E-state index >= 15 is 0 Å². The third-order valence-electron chi connectivity index (χ3n) is 4.84. The maximum Gasteiger partial charge on any atom is 0.254 e. The van der Waals surface area contributed by atoms with Gasteiger partial charge in [-0.3, -0.25) is 14.8 Å². The second-order valence-corrected chi connectivity index (χ2v) is 6.83. The summed E-state index contributed by atoms with van der Waals surface area (Å²) in [6, 6.07) is 7.45. The minimum absolute atomic E-state index is 0.00514. The Balaban J connectivity index is 1.52. The summed E-state index contributed by atoms with van der Waals surface area (Å²) >= 11 is 0. The smallest absolute Gasteiger partial charge is 0.254 e. The van der Waals surface area contributed by atoms with Gasteiger partial charge in [-0.15, -0.1) is 0 Å². The first-order chi connectivity index (χ1) is 14.2. The predicted molar refractivity (Wildman–Crippen MR) is 108 cm³/mol. The van der Waals surface area contributed by atoms with Gasteiger partial charge in [-0.1, -0.05) is 12.1 Å². The molecule has 8 heteroatoms. The molecule has 4 rings (SSSR count). The zero-order valence-corrected chi connectivity index (χ0v) is 16.2. The van der Waals surface area contributed by atoms with Gasteiger partial charge in [-0.2, -0.15) is 0 Å². The van der Waals surface area contributed by atoms with Crippen LogP contribution in [0.25, 0.3) is 0 Å². The number of amides is 1. The number of aromatic nitrogens is 4. The second-order valence-electron chi connectivity index (χ2n) is 6.83. The number of benzene rings is 1. The van der Waals surface area contributed by atoms with Crippen LogP contribution in [-0.4, -0.2) is 44.4 Å². The molecule has 1 aliphatic heterocycles. The summed E-state index contributed by atoms with van der Waals surface area (Å²) in [5.74, 6) is 1.17. The van der Waals surface area contributed by atoms with Gasteiger partial charge in [0.15, 0.2) is 0 Å². The van der Waals surface area contributed by atoms with E-state index in [1.165, 1.54) is 0 Å². The molecule has 0 radical (unpaired) electrons. The summed E-state index contributed by atoms with van der Waals surface area (Å²) in [5.41, 5.74) is 2.47. The van der Waals surface area contributed by atoms with Crippen LogP contribution in [0.4, 0.5) is 11.6 Å². The number of hydrogen-bond donors (Lipinski definition) is 1. The number of nitrogens with one attached hydrogen (secondary N) is 1. The van der Waals surface area contributed by atoms with E-state index in [0.29, 0.717) is 30.4 Å².